The van der Waals surface area contributed by atoms with Crippen LogP contribution in [-0.4, -0.2) is 17.7 Å². The minimum Gasteiger partial charge on any atom is -0.445 e. The van der Waals surface area contributed by atoms with Gasteiger partial charge < -0.3 is 4.74 Å². The average molecular weight is 437 g/mol. The number of allylic oxidation sites excluding steroid dienone is 3. The van der Waals surface area contributed by atoms with Crippen molar-refractivity contribution in [1.82, 2.24) is 4.98 Å². The minimum absolute atomic E-state index is 0.0447. The summed E-state index contributed by atoms with van der Waals surface area (Å²) in [7, 11) is 0. The van der Waals surface area contributed by atoms with E-state index in [-0.39, 0.29) is 18.2 Å². The van der Waals surface area contributed by atoms with Crippen LogP contribution in [0.25, 0.3) is 5.57 Å². The van der Waals surface area contributed by atoms with Crippen LogP contribution < -0.4 is 5.32 Å². The van der Waals surface area contributed by atoms with Gasteiger partial charge >= 0.3 is 12.3 Å². The van der Waals surface area contributed by atoms with Crippen LogP contribution in [0.4, 0.5) is 23.7 Å². The van der Waals surface area contributed by atoms with Crippen LogP contribution in [0.2, 0.25) is 5.02 Å². The molecule has 0 spiro atoms. The van der Waals surface area contributed by atoms with E-state index in [0.29, 0.717) is 6.42 Å². The molecule has 0 saturated carbocycles. The van der Waals surface area contributed by atoms with Crippen molar-refractivity contribution in [3.8, 4) is 0 Å². The Bertz CT molecular complexity index is 998. The zero-order chi connectivity index (χ0) is 21.9. The number of benzene rings is 1. The van der Waals surface area contributed by atoms with Gasteiger partial charge in [-0.25, -0.2) is 4.79 Å². The molecule has 0 aliphatic heterocycles. The minimum atomic E-state index is -4.61. The number of aromatic nitrogens is 1. The van der Waals surface area contributed by atoms with Crippen molar-refractivity contribution in [2.75, 3.05) is 11.9 Å². The Morgan fingerprint density at radius 3 is 2.67 bits per heavy atom. The summed E-state index contributed by atoms with van der Waals surface area (Å²) in [5, 5.41) is 1.87. The van der Waals surface area contributed by atoms with Gasteiger partial charge in [-0.15, -0.1) is 0 Å². The molecule has 1 atom stereocenters. The van der Waals surface area contributed by atoms with Gasteiger partial charge in [-0.1, -0.05) is 36.7 Å². The number of hydrogen-bond donors (Lipinski definition) is 1. The monoisotopic (exact) mass is 436 g/mol. The highest BCUT2D eigenvalue weighted by Crippen LogP contribution is 2.36. The largest absolute Gasteiger partial charge is 0.445 e. The van der Waals surface area contributed by atoms with Gasteiger partial charge in [0.1, 0.15) is 6.61 Å². The van der Waals surface area contributed by atoms with Crippen LogP contribution >= 0.6 is 11.6 Å². The zero-order valence-corrected chi connectivity index (χ0v) is 17.1. The Balaban J connectivity index is 1.61. The van der Waals surface area contributed by atoms with E-state index in [1.165, 1.54) is 6.07 Å². The number of ether oxygens (including phenoxy) is 1. The number of pyridine rings is 1. The Morgan fingerprint density at radius 1 is 1.27 bits per heavy atom. The third-order valence-corrected chi connectivity index (χ3v) is 5.08. The number of carbonyl (C=O) groups excluding carboxylic acids is 1. The van der Waals surface area contributed by atoms with Crippen molar-refractivity contribution < 1.29 is 22.7 Å². The van der Waals surface area contributed by atoms with Crippen molar-refractivity contribution in [2.24, 2.45) is 5.92 Å². The first-order valence-electron chi connectivity index (χ1n) is 9.26. The number of amides is 1. The van der Waals surface area contributed by atoms with E-state index >= 15 is 0 Å². The molecule has 30 heavy (non-hydrogen) atoms. The maximum Gasteiger partial charge on any atom is 0.417 e. The Morgan fingerprint density at radius 2 is 2.03 bits per heavy atom. The molecule has 0 saturated heterocycles. The molecular weight excluding hydrogens is 417 g/mol. The molecule has 0 fully saturated rings. The number of aryl methyl sites for hydroxylation is 1. The van der Waals surface area contributed by atoms with E-state index in [2.05, 4.69) is 17.2 Å². The predicted molar refractivity (Wildman–Crippen MR) is 110 cm³/mol. The number of alkyl halides is 3. The zero-order valence-electron chi connectivity index (χ0n) is 16.4. The number of carbonyl (C=O) groups is 1. The van der Waals surface area contributed by atoms with E-state index < -0.39 is 22.9 Å². The summed E-state index contributed by atoms with van der Waals surface area (Å²) in [5.41, 5.74) is 2.99. The molecule has 3 rings (SSSR count). The SMILES string of the molecule is Cc1ccc(C2=CC=C(COC(=O)Nc3ccc(Cl)c(C(F)(F)F)c3)CC2C)cn1. The Labute approximate surface area is 177 Å². The van der Waals surface area contributed by atoms with Gasteiger partial charge in [-0.2, -0.15) is 13.2 Å². The molecule has 0 radical (unpaired) electrons. The van der Waals surface area contributed by atoms with Gasteiger partial charge in [0.25, 0.3) is 0 Å². The molecule has 2 aromatic rings. The second-order valence-corrected chi connectivity index (χ2v) is 7.54. The summed E-state index contributed by atoms with van der Waals surface area (Å²) in [4.78, 5) is 16.3. The van der Waals surface area contributed by atoms with Crippen molar-refractivity contribution >= 4 is 29.0 Å². The first-order chi connectivity index (χ1) is 14.1. The summed E-state index contributed by atoms with van der Waals surface area (Å²) in [6.45, 7) is 4.05. The molecular formula is C22H20ClF3N2O2. The van der Waals surface area contributed by atoms with Gasteiger partial charge in [0.15, 0.2) is 0 Å². The normalized spacial score (nSPS) is 16.5. The molecule has 4 nitrogen and oxygen atoms in total. The molecule has 158 valence electrons. The van der Waals surface area contributed by atoms with Crippen LogP contribution in [0, 0.1) is 12.8 Å². The van der Waals surface area contributed by atoms with Crippen LogP contribution in [0.3, 0.4) is 0 Å². The fourth-order valence-corrected chi connectivity index (χ4v) is 3.43. The summed E-state index contributed by atoms with van der Waals surface area (Å²) in [5.74, 6) is 0.215. The lowest BCUT2D eigenvalue weighted by Crippen LogP contribution is -2.17. The third-order valence-electron chi connectivity index (χ3n) is 4.75. The second kappa shape index (κ2) is 8.92. The summed E-state index contributed by atoms with van der Waals surface area (Å²) in [6.07, 6.45) is 0.960. The standard InChI is InChI=1S/C22H20ClF3N2O2/c1-13-9-15(4-7-18(13)16-5-3-14(2)27-11-16)12-30-21(29)28-17-6-8-20(23)19(10-17)22(24,25)26/h3-8,10-11,13H,9,12H2,1-2H3,(H,28,29). The van der Waals surface area contributed by atoms with E-state index in [4.69, 9.17) is 16.3 Å². The van der Waals surface area contributed by atoms with Gasteiger partial charge in [0.2, 0.25) is 0 Å². The lowest BCUT2D eigenvalue weighted by atomic mass is 9.85. The molecule has 1 amide bonds. The van der Waals surface area contributed by atoms with Crippen molar-refractivity contribution in [3.05, 3.63) is 76.1 Å². The van der Waals surface area contributed by atoms with Crippen LogP contribution in [-0.2, 0) is 10.9 Å². The van der Waals surface area contributed by atoms with Crippen LogP contribution in [0.15, 0.2) is 54.3 Å². The van der Waals surface area contributed by atoms with Crippen molar-refractivity contribution in [1.29, 1.82) is 0 Å². The van der Waals surface area contributed by atoms with E-state index in [1.54, 1.807) is 0 Å². The van der Waals surface area contributed by atoms with Gasteiger partial charge in [0.05, 0.1) is 10.6 Å². The molecule has 1 aromatic heterocycles. The van der Waals surface area contributed by atoms with Gasteiger partial charge in [-0.05, 0) is 60.2 Å². The predicted octanol–water partition coefficient (Wildman–Crippen LogP) is 6.66. The van der Waals surface area contributed by atoms with Crippen molar-refractivity contribution in [3.63, 3.8) is 0 Å². The first-order valence-corrected chi connectivity index (χ1v) is 9.64. The highest BCUT2D eigenvalue weighted by Gasteiger charge is 2.33. The van der Waals surface area contributed by atoms with E-state index in [0.717, 1.165) is 34.5 Å². The fraction of sp³-hybridized carbons (Fsp3) is 0.273. The average Bonchev–Trinajstić information content (AvgIpc) is 2.68. The number of nitrogens with zero attached hydrogens (tertiary/aromatic N) is 1. The first kappa shape index (κ1) is 21.9. The van der Waals surface area contributed by atoms with Gasteiger partial charge in [-0.3, -0.25) is 10.3 Å². The Kier molecular flexibility index (Phi) is 6.51. The summed E-state index contributed by atoms with van der Waals surface area (Å²) >= 11 is 5.58. The number of anilines is 1. The molecule has 1 aromatic carbocycles. The smallest absolute Gasteiger partial charge is 0.417 e. The Hall–Kier alpha value is -2.80. The summed E-state index contributed by atoms with van der Waals surface area (Å²) in [6, 6.07) is 7.12. The lowest BCUT2D eigenvalue weighted by Gasteiger charge is -2.22. The maximum absolute atomic E-state index is 12.9. The molecule has 1 aliphatic rings. The van der Waals surface area contributed by atoms with Gasteiger partial charge in [0, 0.05) is 17.6 Å². The van der Waals surface area contributed by atoms with Crippen molar-refractivity contribution in [2.45, 2.75) is 26.4 Å². The second-order valence-electron chi connectivity index (χ2n) is 7.13. The topological polar surface area (TPSA) is 51.2 Å². The van der Waals surface area contributed by atoms with E-state index in [9.17, 15) is 18.0 Å². The van der Waals surface area contributed by atoms with Crippen LogP contribution in [0.1, 0.15) is 30.2 Å². The van der Waals surface area contributed by atoms with E-state index in [1.807, 2.05) is 37.4 Å². The highest BCUT2D eigenvalue weighted by atomic mass is 35.5. The quantitative estimate of drug-likeness (QED) is 0.583. The molecule has 1 unspecified atom stereocenters. The molecule has 1 N–H and O–H groups in total. The summed E-state index contributed by atoms with van der Waals surface area (Å²) < 4.78 is 43.9. The molecule has 1 aliphatic carbocycles. The fourth-order valence-electron chi connectivity index (χ4n) is 3.20. The highest BCUT2D eigenvalue weighted by molar-refractivity contribution is 6.31. The molecule has 1 heterocycles. The number of hydrogen-bond acceptors (Lipinski definition) is 3. The molecule has 0 bridgehead atoms. The third kappa shape index (κ3) is 5.42. The lowest BCUT2D eigenvalue weighted by molar-refractivity contribution is -0.137. The maximum atomic E-state index is 12.9. The number of rotatable bonds is 4. The number of nitrogens with one attached hydrogen (secondary N) is 1. The van der Waals surface area contributed by atoms with Crippen LogP contribution in [0.5, 0.6) is 0 Å². The molecule has 8 heteroatoms. The number of halogens is 4.